The van der Waals surface area contributed by atoms with Crippen LogP contribution in [0.5, 0.6) is 5.75 Å². The van der Waals surface area contributed by atoms with Gasteiger partial charge in [-0.25, -0.2) is 0 Å². The molecule has 1 aliphatic carbocycles. The summed E-state index contributed by atoms with van der Waals surface area (Å²) in [7, 11) is 0. The average Bonchev–Trinajstić information content (AvgIpc) is 2.46. The summed E-state index contributed by atoms with van der Waals surface area (Å²) in [6.07, 6.45) is 1.22. The Bertz CT molecular complexity index is 369. The summed E-state index contributed by atoms with van der Waals surface area (Å²) in [4.78, 5) is 11.3. The van der Waals surface area contributed by atoms with Gasteiger partial charge in [0.1, 0.15) is 5.75 Å². The van der Waals surface area contributed by atoms with Crippen LogP contribution < -0.4 is 0 Å². The van der Waals surface area contributed by atoms with E-state index in [-0.39, 0.29) is 18.1 Å². The molecule has 1 aromatic carbocycles. The van der Waals surface area contributed by atoms with E-state index >= 15 is 0 Å². The second-order valence-corrected chi connectivity index (χ2v) is 3.22. The van der Waals surface area contributed by atoms with Gasteiger partial charge in [-0.1, -0.05) is 0 Å². The van der Waals surface area contributed by atoms with Crippen molar-refractivity contribution in [1.29, 1.82) is 0 Å². The Labute approximate surface area is 75.6 Å². The molecule has 0 fully saturated rings. The van der Waals surface area contributed by atoms with Crippen molar-refractivity contribution in [3.05, 3.63) is 28.8 Å². The molecule has 3 nitrogen and oxygen atoms in total. The molecule has 0 bridgehead atoms. The predicted octanol–water partition coefficient (Wildman–Crippen LogP) is 1.01. The molecular weight excluding hydrogens is 168 g/mol. The standard InChI is InChI=1S/C10H10O3/c11-5-7-3-8-6(4-10(7)13)1-2-9(8)12/h3-4,11,13H,1-2,5H2. The Morgan fingerprint density at radius 2 is 2.08 bits per heavy atom. The molecule has 0 saturated carbocycles. The first-order chi connectivity index (χ1) is 6.22. The zero-order chi connectivity index (χ0) is 9.42. The van der Waals surface area contributed by atoms with Gasteiger partial charge in [-0.15, -0.1) is 0 Å². The van der Waals surface area contributed by atoms with Crippen LogP contribution >= 0.6 is 0 Å². The zero-order valence-electron chi connectivity index (χ0n) is 7.08. The van der Waals surface area contributed by atoms with Crippen LogP contribution in [0.4, 0.5) is 0 Å². The third kappa shape index (κ3) is 1.21. The van der Waals surface area contributed by atoms with Gasteiger partial charge < -0.3 is 10.2 Å². The number of carbonyl (C=O) groups excluding carboxylic acids is 1. The molecule has 2 rings (SSSR count). The lowest BCUT2D eigenvalue weighted by molar-refractivity contribution is 0.0994. The van der Waals surface area contributed by atoms with Crippen molar-refractivity contribution in [2.45, 2.75) is 19.4 Å². The lowest BCUT2D eigenvalue weighted by Gasteiger charge is -2.04. The van der Waals surface area contributed by atoms with E-state index < -0.39 is 0 Å². The number of rotatable bonds is 1. The Hall–Kier alpha value is -1.35. The van der Waals surface area contributed by atoms with Crippen molar-refractivity contribution in [2.24, 2.45) is 0 Å². The number of Topliss-reactive ketones (excluding diaryl/α,β-unsaturated/α-hetero) is 1. The van der Waals surface area contributed by atoms with E-state index in [0.717, 1.165) is 5.56 Å². The van der Waals surface area contributed by atoms with Crippen LogP contribution in [-0.4, -0.2) is 16.0 Å². The van der Waals surface area contributed by atoms with E-state index in [2.05, 4.69) is 0 Å². The van der Waals surface area contributed by atoms with Crippen LogP contribution in [0, 0.1) is 0 Å². The van der Waals surface area contributed by atoms with Gasteiger partial charge in [0.2, 0.25) is 0 Å². The number of aliphatic hydroxyl groups excluding tert-OH is 1. The first kappa shape index (κ1) is 8.26. The van der Waals surface area contributed by atoms with E-state index in [1.165, 1.54) is 0 Å². The lowest BCUT2D eigenvalue weighted by atomic mass is 10.1. The number of ketones is 1. The van der Waals surface area contributed by atoms with Gasteiger partial charge in [-0.2, -0.15) is 0 Å². The first-order valence-electron chi connectivity index (χ1n) is 4.21. The number of phenols is 1. The summed E-state index contributed by atoms with van der Waals surface area (Å²) in [5, 5.41) is 18.3. The first-order valence-corrected chi connectivity index (χ1v) is 4.21. The molecule has 3 heteroatoms. The molecule has 0 unspecified atom stereocenters. The molecule has 0 heterocycles. The summed E-state index contributed by atoms with van der Waals surface area (Å²) >= 11 is 0. The summed E-state index contributed by atoms with van der Waals surface area (Å²) in [5.41, 5.74) is 1.97. The van der Waals surface area contributed by atoms with Gasteiger partial charge in [0.25, 0.3) is 0 Å². The summed E-state index contributed by atoms with van der Waals surface area (Å²) in [6, 6.07) is 3.16. The van der Waals surface area contributed by atoms with Gasteiger partial charge in [-0.3, -0.25) is 4.79 Å². The number of carbonyl (C=O) groups is 1. The van der Waals surface area contributed by atoms with Gasteiger partial charge in [0.15, 0.2) is 5.78 Å². The normalized spacial score (nSPS) is 14.7. The molecule has 0 saturated heterocycles. The Morgan fingerprint density at radius 3 is 2.77 bits per heavy atom. The third-order valence-electron chi connectivity index (χ3n) is 2.40. The molecule has 1 aromatic rings. The van der Waals surface area contributed by atoms with E-state index in [1.54, 1.807) is 12.1 Å². The molecule has 0 aromatic heterocycles. The number of hydrogen-bond acceptors (Lipinski definition) is 3. The molecule has 1 aliphatic rings. The molecule has 0 radical (unpaired) electrons. The van der Waals surface area contributed by atoms with Crippen molar-refractivity contribution in [3.8, 4) is 5.75 Å². The largest absolute Gasteiger partial charge is 0.508 e. The minimum absolute atomic E-state index is 0.0796. The fourth-order valence-electron chi connectivity index (χ4n) is 1.65. The van der Waals surface area contributed by atoms with Crippen molar-refractivity contribution in [3.63, 3.8) is 0 Å². The maximum Gasteiger partial charge on any atom is 0.163 e. The average molecular weight is 178 g/mol. The summed E-state index contributed by atoms with van der Waals surface area (Å²) in [6.45, 7) is -0.230. The van der Waals surface area contributed by atoms with Gasteiger partial charge in [0.05, 0.1) is 6.61 Å². The highest BCUT2D eigenvalue weighted by Crippen LogP contribution is 2.28. The van der Waals surface area contributed by atoms with Crippen molar-refractivity contribution >= 4 is 5.78 Å². The molecule has 13 heavy (non-hydrogen) atoms. The van der Waals surface area contributed by atoms with E-state index in [4.69, 9.17) is 5.11 Å². The topological polar surface area (TPSA) is 57.5 Å². The second kappa shape index (κ2) is 2.85. The minimum atomic E-state index is -0.230. The highest BCUT2D eigenvalue weighted by atomic mass is 16.3. The molecule has 0 spiro atoms. The van der Waals surface area contributed by atoms with Crippen molar-refractivity contribution < 1.29 is 15.0 Å². The van der Waals surface area contributed by atoms with Gasteiger partial charge in [0, 0.05) is 17.5 Å². The van der Waals surface area contributed by atoms with E-state index in [1.807, 2.05) is 0 Å². The Morgan fingerprint density at radius 1 is 1.31 bits per heavy atom. The molecule has 0 aliphatic heterocycles. The number of fused-ring (bicyclic) bond motifs is 1. The van der Waals surface area contributed by atoms with Crippen molar-refractivity contribution in [1.82, 2.24) is 0 Å². The van der Waals surface area contributed by atoms with E-state index in [0.29, 0.717) is 24.0 Å². The fourth-order valence-corrected chi connectivity index (χ4v) is 1.65. The van der Waals surface area contributed by atoms with Crippen LogP contribution in [0.15, 0.2) is 12.1 Å². The highest BCUT2D eigenvalue weighted by Gasteiger charge is 2.21. The number of aliphatic hydroxyl groups is 1. The minimum Gasteiger partial charge on any atom is -0.508 e. The second-order valence-electron chi connectivity index (χ2n) is 3.22. The number of hydrogen-bond donors (Lipinski definition) is 2. The predicted molar refractivity (Wildman–Crippen MR) is 46.7 cm³/mol. The number of aryl methyl sites for hydroxylation is 1. The van der Waals surface area contributed by atoms with Crippen LogP contribution in [0.1, 0.15) is 27.9 Å². The van der Waals surface area contributed by atoms with Crippen LogP contribution in [0.3, 0.4) is 0 Å². The molecule has 0 amide bonds. The molecule has 68 valence electrons. The highest BCUT2D eigenvalue weighted by molar-refractivity contribution is 6.00. The monoisotopic (exact) mass is 178 g/mol. The molecular formula is C10H10O3. The van der Waals surface area contributed by atoms with Gasteiger partial charge in [-0.05, 0) is 24.1 Å². The summed E-state index contributed by atoms with van der Waals surface area (Å²) < 4.78 is 0. The zero-order valence-corrected chi connectivity index (χ0v) is 7.08. The van der Waals surface area contributed by atoms with E-state index in [9.17, 15) is 9.90 Å². The van der Waals surface area contributed by atoms with Crippen LogP contribution in [0.2, 0.25) is 0 Å². The maximum atomic E-state index is 11.3. The lowest BCUT2D eigenvalue weighted by Crippen LogP contribution is -1.94. The SMILES string of the molecule is O=C1CCc2cc(O)c(CO)cc21. The smallest absolute Gasteiger partial charge is 0.163 e. The molecule has 2 N–H and O–H groups in total. The van der Waals surface area contributed by atoms with Gasteiger partial charge >= 0.3 is 0 Å². The molecule has 0 atom stereocenters. The maximum absolute atomic E-state index is 11.3. The summed E-state index contributed by atoms with van der Waals surface area (Å²) in [5.74, 6) is 0.181. The Balaban J connectivity index is 2.57. The van der Waals surface area contributed by atoms with Crippen molar-refractivity contribution in [2.75, 3.05) is 0 Å². The fraction of sp³-hybridized carbons (Fsp3) is 0.300. The number of aromatic hydroxyl groups is 1. The quantitative estimate of drug-likeness (QED) is 0.674. The number of benzene rings is 1. The van der Waals surface area contributed by atoms with Crippen LogP contribution in [-0.2, 0) is 13.0 Å². The van der Waals surface area contributed by atoms with Crippen LogP contribution in [0.25, 0.3) is 0 Å². The Kier molecular flexibility index (Phi) is 1.81. The third-order valence-corrected chi connectivity index (χ3v) is 2.40.